The van der Waals surface area contributed by atoms with Gasteiger partial charge < -0.3 is 20.9 Å². The van der Waals surface area contributed by atoms with Crippen molar-refractivity contribution in [3.05, 3.63) is 37.4 Å². The maximum atomic E-state index is 4.73. The average molecular weight is 273 g/mol. The largest absolute Gasteiger partial charge is 0.379 e. The first kappa shape index (κ1) is 14.4. The maximum absolute atomic E-state index is 4.73. The summed E-state index contributed by atoms with van der Waals surface area (Å²) in [4.78, 5) is 7.04. The Labute approximate surface area is 120 Å². The Kier molecular flexibility index (Phi) is 5.43. The average Bonchev–Trinajstić information content (AvgIpc) is 2.52. The van der Waals surface area contributed by atoms with Crippen LogP contribution < -0.4 is 20.9 Å². The SMILES string of the molecule is C=CCNc1ccc(NCC=C)c(N2CCNCC2)n1. The molecule has 2 heterocycles. The van der Waals surface area contributed by atoms with Crippen LogP contribution in [0.4, 0.5) is 17.3 Å². The normalized spacial score (nSPS) is 14.7. The Morgan fingerprint density at radius 2 is 1.85 bits per heavy atom. The Morgan fingerprint density at radius 1 is 1.15 bits per heavy atom. The second-order valence-corrected chi connectivity index (χ2v) is 4.64. The van der Waals surface area contributed by atoms with Gasteiger partial charge in [0, 0.05) is 39.3 Å². The van der Waals surface area contributed by atoms with Crippen LogP contribution in [0.25, 0.3) is 0 Å². The highest BCUT2D eigenvalue weighted by Crippen LogP contribution is 2.26. The predicted octanol–water partition coefficient (Wildman–Crippen LogP) is 1.69. The number of hydrogen-bond acceptors (Lipinski definition) is 5. The molecule has 20 heavy (non-hydrogen) atoms. The molecular formula is C15H23N5. The van der Waals surface area contributed by atoms with Gasteiger partial charge in [-0.05, 0) is 12.1 Å². The van der Waals surface area contributed by atoms with E-state index in [0.717, 1.165) is 50.0 Å². The minimum absolute atomic E-state index is 0.716. The van der Waals surface area contributed by atoms with E-state index in [0.29, 0.717) is 6.54 Å². The van der Waals surface area contributed by atoms with E-state index in [-0.39, 0.29) is 0 Å². The summed E-state index contributed by atoms with van der Waals surface area (Å²) in [6.45, 7) is 12.8. The van der Waals surface area contributed by atoms with Crippen molar-refractivity contribution < 1.29 is 0 Å². The van der Waals surface area contributed by atoms with Gasteiger partial charge in [0.15, 0.2) is 5.82 Å². The summed E-state index contributed by atoms with van der Waals surface area (Å²) in [5.41, 5.74) is 1.05. The van der Waals surface area contributed by atoms with Gasteiger partial charge in [-0.2, -0.15) is 0 Å². The molecule has 1 saturated heterocycles. The lowest BCUT2D eigenvalue weighted by Crippen LogP contribution is -2.44. The van der Waals surface area contributed by atoms with Crippen LogP contribution in [-0.2, 0) is 0 Å². The lowest BCUT2D eigenvalue weighted by Gasteiger charge is -2.30. The van der Waals surface area contributed by atoms with Crippen LogP contribution in [0.2, 0.25) is 0 Å². The summed E-state index contributed by atoms with van der Waals surface area (Å²) < 4.78 is 0. The van der Waals surface area contributed by atoms with E-state index < -0.39 is 0 Å². The highest BCUT2D eigenvalue weighted by molar-refractivity contribution is 5.69. The quantitative estimate of drug-likeness (QED) is 0.660. The van der Waals surface area contributed by atoms with E-state index in [2.05, 4.69) is 40.1 Å². The minimum atomic E-state index is 0.716. The minimum Gasteiger partial charge on any atom is -0.379 e. The highest BCUT2D eigenvalue weighted by atomic mass is 15.3. The molecule has 0 saturated carbocycles. The molecule has 0 unspecified atom stereocenters. The Morgan fingerprint density at radius 3 is 2.55 bits per heavy atom. The molecule has 2 rings (SSSR count). The van der Waals surface area contributed by atoms with Crippen LogP contribution in [-0.4, -0.2) is 44.3 Å². The van der Waals surface area contributed by atoms with Gasteiger partial charge in [0.1, 0.15) is 5.82 Å². The molecule has 108 valence electrons. The van der Waals surface area contributed by atoms with E-state index in [1.165, 1.54) is 0 Å². The first-order valence-electron chi connectivity index (χ1n) is 7.01. The van der Waals surface area contributed by atoms with Crippen LogP contribution in [0, 0.1) is 0 Å². The zero-order chi connectivity index (χ0) is 14.2. The summed E-state index contributed by atoms with van der Waals surface area (Å²) in [6, 6.07) is 4.06. The Hall–Kier alpha value is -2.01. The molecule has 5 heteroatoms. The summed E-state index contributed by atoms with van der Waals surface area (Å²) in [7, 11) is 0. The molecule has 0 spiro atoms. The third kappa shape index (κ3) is 3.74. The third-order valence-corrected chi connectivity index (χ3v) is 3.16. The zero-order valence-electron chi connectivity index (χ0n) is 11.9. The van der Waals surface area contributed by atoms with Crippen molar-refractivity contribution in [2.75, 3.05) is 54.8 Å². The smallest absolute Gasteiger partial charge is 0.154 e. The topological polar surface area (TPSA) is 52.2 Å². The molecule has 0 amide bonds. The van der Waals surface area contributed by atoms with Crippen molar-refractivity contribution in [3.63, 3.8) is 0 Å². The van der Waals surface area contributed by atoms with Crippen LogP contribution in [0.15, 0.2) is 37.4 Å². The number of hydrogen-bond donors (Lipinski definition) is 3. The van der Waals surface area contributed by atoms with Crippen molar-refractivity contribution in [1.29, 1.82) is 0 Å². The number of aromatic nitrogens is 1. The molecule has 5 nitrogen and oxygen atoms in total. The van der Waals surface area contributed by atoms with Crippen molar-refractivity contribution in [2.24, 2.45) is 0 Å². The van der Waals surface area contributed by atoms with E-state index in [1.54, 1.807) is 0 Å². The monoisotopic (exact) mass is 273 g/mol. The van der Waals surface area contributed by atoms with Gasteiger partial charge in [0.05, 0.1) is 5.69 Å². The number of rotatable bonds is 7. The predicted molar refractivity (Wildman–Crippen MR) is 86.7 cm³/mol. The van der Waals surface area contributed by atoms with E-state index in [9.17, 15) is 0 Å². The van der Waals surface area contributed by atoms with Crippen LogP contribution in [0.1, 0.15) is 0 Å². The molecule has 3 N–H and O–H groups in total. The highest BCUT2D eigenvalue weighted by Gasteiger charge is 2.16. The van der Waals surface area contributed by atoms with Gasteiger partial charge >= 0.3 is 0 Å². The van der Waals surface area contributed by atoms with Gasteiger partial charge in [-0.15, -0.1) is 13.2 Å². The second-order valence-electron chi connectivity index (χ2n) is 4.64. The molecule has 0 bridgehead atoms. The van der Waals surface area contributed by atoms with Crippen LogP contribution in [0.5, 0.6) is 0 Å². The maximum Gasteiger partial charge on any atom is 0.154 e. The van der Waals surface area contributed by atoms with Crippen LogP contribution >= 0.6 is 0 Å². The van der Waals surface area contributed by atoms with Crippen molar-refractivity contribution in [1.82, 2.24) is 10.3 Å². The molecule has 1 aromatic rings. The van der Waals surface area contributed by atoms with E-state index >= 15 is 0 Å². The number of pyridine rings is 1. The van der Waals surface area contributed by atoms with E-state index in [1.807, 2.05) is 18.2 Å². The fraction of sp³-hybridized carbons (Fsp3) is 0.400. The molecule has 1 aliphatic heterocycles. The number of piperazine rings is 1. The van der Waals surface area contributed by atoms with Crippen molar-refractivity contribution >= 4 is 17.3 Å². The third-order valence-electron chi connectivity index (χ3n) is 3.16. The summed E-state index contributed by atoms with van der Waals surface area (Å²) >= 11 is 0. The zero-order valence-corrected chi connectivity index (χ0v) is 11.9. The molecule has 1 aliphatic rings. The van der Waals surface area contributed by atoms with Gasteiger partial charge in [-0.1, -0.05) is 12.2 Å². The first-order chi connectivity index (χ1) is 9.85. The summed E-state index contributed by atoms with van der Waals surface area (Å²) in [5, 5.41) is 9.95. The van der Waals surface area contributed by atoms with Crippen molar-refractivity contribution in [2.45, 2.75) is 0 Å². The molecule has 0 aliphatic carbocycles. The summed E-state index contributed by atoms with van der Waals surface area (Å²) in [6.07, 6.45) is 3.68. The van der Waals surface area contributed by atoms with Gasteiger partial charge in [0.25, 0.3) is 0 Å². The lowest BCUT2D eigenvalue weighted by molar-refractivity contribution is 0.585. The Bertz CT molecular complexity index is 452. The molecule has 0 aromatic carbocycles. The van der Waals surface area contributed by atoms with Crippen LogP contribution in [0.3, 0.4) is 0 Å². The standard InChI is InChI=1S/C15H23N5/c1-3-7-17-13-5-6-14(18-8-4-2)19-15(13)20-11-9-16-10-12-20/h3-6,16-17H,1-2,7-12H2,(H,18,19). The van der Waals surface area contributed by atoms with Gasteiger partial charge in [-0.25, -0.2) is 4.98 Å². The first-order valence-corrected chi connectivity index (χ1v) is 7.01. The summed E-state index contributed by atoms with van der Waals surface area (Å²) in [5.74, 6) is 1.88. The molecular weight excluding hydrogens is 250 g/mol. The Balaban J connectivity index is 2.20. The molecule has 1 fully saturated rings. The number of anilines is 3. The molecule has 0 atom stereocenters. The lowest BCUT2D eigenvalue weighted by atomic mass is 10.3. The second kappa shape index (κ2) is 7.55. The number of nitrogens with zero attached hydrogens (tertiary/aromatic N) is 2. The molecule has 1 aromatic heterocycles. The van der Waals surface area contributed by atoms with Crippen molar-refractivity contribution in [3.8, 4) is 0 Å². The van der Waals surface area contributed by atoms with Gasteiger partial charge in [0.2, 0.25) is 0 Å². The van der Waals surface area contributed by atoms with Gasteiger partial charge in [-0.3, -0.25) is 0 Å². The fourth-order valence-corrected chi connectivity index (χ4v) is 2.16. The fourth-order valence-electron chi connectivity index (χ4n) is 2.16. The number of nitrogens with one attached hydrogen (secondary N) is 3. The van der Waals surface area contributed by atoms with E-state index in [4.69, 9.17) is 4.98 Å². The molecule has 0 radical (unpaired) electrons.